The van der Waals surface area contributed by atoms with E-state index in [0.29, 0.717) is 29.1 Å². The molecule has 1 unspecified atom stereocenters. The van der Waals surface area contributed by atoms with Crippen molar-refractivity contribution in [3.63, 3.8) is 0 Å². The van der Waals surface area contributed by atoms with Crippen molar-refractivity contribution in [3.8, 4) is 17.0 Å². The third-order valence-corrected chi connectivity index (χ3v) is 6.48. The van der Waals surface area contributed by atoms with Crippen molar-refractivity contribution >= 4 is 40.5 Å². The highest BCUT2D eigenvalue weighted by atomic mass is 32.1. The lowest BCUT2D eigenvalue weighted by Gasteiger charge is -2.34. The fraction of sp³-hybridized carbons (Fsp3) is 0.308. The van der Waals surface area contributed by atoms with Crippen molar-refractivity contribution < 1.29 is 23.9 Å². The second-order valence-corrected chi connectivity index (χ2v) is 9.51. The number of thiazole rings is 1. The van der Waals surface area contributed by atoms with Gasteiger partial charge < -0.3 is 14.8 Å². The molecular weight excluding hydrogens is 466 g/mol. The maximum atomic E-state index is 13.2. The predicted octanol–water partition coefficient (Wildman–Crippen LogP) is 4.75. The van der Waals surface area contributed by atoms with Gasteiger partial charge in [-0.2, -0.15) is 0 Å². The van der Waals surface area contributed by atoms with Gasteiger partial charge in [0.2, 0.25) is 5.91 Å². The summed E-state index contributed by atoms with van der Waals surface area (Å²) < 4.78 is 10.9. The van der Waals surface area contributed by atoms with Crippen molar-refractivity contribution in [2.24, 2.45) is 0 Å². The largest absolute Gasteiger partial charge is 0.478 e. The summed E-state index contributed by atoms with van der Waals surface area (Å²) in [7, 11) is 0. The van der Waals surface area contributed by atoms with Crippen LogP contribution in [-0.4, -0.2) is 42.0 Å². The number of ether oxygens (including phenoxy) is 2. The fourth-order valence-corrected chi connectivity index (χ4v) is 4.78. The van der Waals surface area contributed by atoms with E-state index in [1.165, 1.54) is 4.90 Å². The van der Waals surface area contributed by atoms with Crippen LogP contribution in [0, 0.1) is 13.8 Å². The van der Waals surface area contributed by atoms with Crippen molar-refractivity contribution in [2.75, 3.05) is 23.4 Å². The summed E-state index contributed by atoms with van der Waals surface area (Å²) >= 11 is 1.61. The zero-order chi connectivity index (χ0) is 25.1. The van der Waals surface area contributed by atoms with Gasteiger partial charge >= 0.3 is 5.97 Å². The number of aromatic nitrogens is 1. The molecular formula is C26H27N3O5S. The molecule has 0 spiro atoms. The first kappa shape index (κ1) is 24.4. The smallest absolute Gasteiger partial charge is 0.338 e. The van der Waals surface area contributed by atoms with Crippen LogP contribution in [-0.2, 0) is 14.3 Å². The van der Waals surface area contributed by atoms with E-state index < -0.39 is 12.1 Å². The summed E-state index contributed by atoms with van der Waals surface area (Å²) in [5.74, 6) is -0.503. The topological polar surface area (TPSA) is 97.8 Å². The minimum atomic E-state index is -0.659. The highest BCUT2D eigenvalue weighted by molar-refractivity contribution is 7.11. The minimum Gasteiger partial charge on any atom is -0.478 e. The number of hydrogen-bond acceptors (Lipinski definition) is 7. The number of anilines is 2. The van der Waals surface area contributed by atoms with Gasteiger partial charge in [-0.1, -0.05) is 6.92 Å². The van der Waals surface area contributed by atoms with E-state index in [9.17, 15) is 14.4 Å². The number of nitrogens with zero attached hydrogens (tertiary/aromatic N) is 2. The van der Waals surface area contributed by atoms with Crippen LogP contribution in [0.25, 0.3) is 11.3 Å². The standard InChI is InChI=1S/C26H27N3O5S/c1-5-21-25(31)29(14-23(30)28-19-10-7-17(8-11-19)26(32)33-6-2)20-13-18(9-12-22(20)34-21)24-15(3)35-16(4)27-24/h7-13,21H,5-6,14H2,1-4H3,(H,28,30). The number of hydrogen-bond donors (Lipinski definition) is 1. The van der Waals surface area contributed by atoms with Crippen LogP contribution in [0.4, 0.5) is 11.4 Å². The molecule has 1 N–H and O–H groups in total. The Morgan fingerprint density at radius 2 is 1.89 bits per heavy atom. The molecule has 1 atom stereocenters. The predicted molar refractivity (Wildman–Crippen MR) is 135 cm³/mol. The summed E-state index contributed by atoms with van der Waals surface area (Å²) in [4.78, 5) is 45.1. The zero-order valence-corrected chi connectivity index (χ0v) is 20.9. The molecule has 2 heterocycles. The lowest BCUT2D eigenvalue weighted by atomic mass is 10.1. The molecule has 35 heavy (non-hydrogen) atoms. The molecule has 1 aliphatic heterocycles. The quantitative estimate of drug-likeness (QED) is 0.477. The lowest BCUT2D eigenvalue weighted by molar-refractivity contribution is -0.128. The third kappa shape index (κ3) is 5.19. The Hall–Kier alpha value is -3.72. The molecule has 9 heteroatoms. The average Bonchev–Trinajstić information content (AvgIpc) is 3.18. The number of carbonyl (C=O) groups excluding carboxylic acids is 3. The molecule has 182 valence electrons. The number of fused-ring (bicyclic) bond motifs is 1. The summed E-state index contributed by atoms with van der Waals surface area (Å²) in [6.07, 6.45) is -0.175. The number of benzene rings is 2. The average molecular weight is 494 g/mol. The van der Waals surface area contributed by atoms with Crippen molar-refractivity contribution in [1.82, 2.24) is 4.98 Å². The van der Waals surface area contributed by atoms with Crippen LogP contribution in [0.5, 0.6) is 5.75 Å². The van der Waals surface area contributed by atoms with Gasteiger partial charge in [0.05, 0.1) is 28.6 Å². The van der Waals surface area contributed by atoms with Gasteiger partial charge in [-0.3, -0.25) is 14.5 Å². The van der Waals surface area contributed by atoms with Crippen molar-refractivity contribution in [1.29, 1.82) is 0 Å². The number of nitrogens with one attached hydrogen (secondary N) is 1. The first-order valence-corrected chi connectivity index (χ1v) is 12.3. The molecule has 1 aromatic heterocycles. The number of amides is 2. The molecule has 0 fully saturated rings. The molecule has 4 rings (SSSR count). The molecule has 0 saturated carbocycles. The molecule has 2 amide bonds. The summed E-state index contributed by atoms with van der Waals surface area (Å²) in [5.41, 5.74) is 3.16. The highest BCUT2D eigenvalue weighted by Gasteiger charge is 2.35. The van der Waals surface area contributed by atoms with Gasteiger partial charge in [-0.15, -0.1) is 11.3 Å². The van der Waals surface area contributed by atoms with E-state index in [-0.39, 0.29) is 25.0 Å². The minimum absolute atomic E-state index is 0.177. The van der Waals surface area contributed by atoms with E-state index in [0.717, 1.165) is 21.1 Å². The fourth-order valence-electron chi connectivity index (χ4n) is 3.94. The van der Waals surface area contributed by atoms with E-state index in [4.69, 9.17) is 9.47 Å². The van der Waals surface area contributed by atoms with Gasteiger partial charge in [-0.25, -0.2) is 9.78 Å². The van der Waals surface area contributed by atoms with Crippen LogP contribution < -0.4 is 15.0 Å². The van der Waals surface area contributed by atoms with E-state index in [1.54, 1.807) is 42.5 Å². The van der Waals surface area contributed by atoms with E-state index in [1.807, 2.05) is 39.0 Å². The molecule has 3 aromatic rings. The molecule has 2 aromatic carbocycles. The monoisotopic (exact) mass is 493 g/mol. The second kappa shape index (κ2) is 10.3. The molecule has 0 radical (unpaired) electrons. The third-order valence-electron chi connectivity index (χ3n) is 5.59. The van der Waals surface area contributed by atoms with Crippen LogP contribution in [0.15, 0.2) is 42.5 Å². The molecule has 1 aliphatic rings. The van der Waals surface area contributed by atoms with Gasteiger partial charge in [0, 0.05) is 16.1 Å². The van der Waals surface area contributed by atoms with Crippen LogP contribution in [0.3, 0.4) is 0 Å². The Labute approximate surface area is 207 Å². The van der Waals surface area contributed by atoms with Crippen molar-refractivity contribution in [2.45, 2.75) is 40.2 Å². The normalized spacial score (nSPS) is 14.8. The first-order valence-electron chi connectivity index (χ1n) is 11.4. The Morgan fingerprint density at radius 1 is 1.14 bits per heavy atom. The number of carbonyl (C=O) groups is 3. The Morgan fingerprint density at radius 3 is 2.51 bits per heavy atom. The van der Waals surface area contributed by atoms with Crippen LogP contribution >= 0.6 is 11.3 Å². The maximum absolute atomic E-state index is 13.2. The number of esters is 1. The summed E-state index contributed by atoms with van der Waals surface area (Å²) in [6.45, 7) is 7.67. The van der Waals surface area contributed by atoms with Gasteiger partial charge in [0.15, 0.2) is 6.10 Å². The van der Waals surface area contributed by atoms with Crippen LogP contribution in [0.2, 0.25) is 0 Å². The van der Waals surface area contributed by atoms with Crippen LogP contribution in [0.1, 0.15) is 40.5 Å². The Balaban J connectivity index is 1.57. The van der Waals surface area contributed by atoms with E-state index in [2.05, 4.69) is 10.3 Å². The zero-order valence-electron chi connectivity index (χ0n) is 20.1. The Kier molecular flexibility index (Phi) is 7.16. The number of rotatable bonds is 7. The van der Waals surface area contributed by atoms with E-state index >= 15 is 0 Å². The second-order valence-electron chi connectivity index (χ2n) is 8.11. The SMILES string of the molecule is CCOC(=O)c1ccc(NC(=O)CN2C(=O)C(CC)Oc3ccc(-c4nc(C)sc4C)cc32)cc1. The number of aryl methyl sites for hydroxylation is 2. The summed E-state index contributed by atoms with van der Waals surface area (Å²) in [5, 5.41) is 3.75. The van der Waals surface area contributed by atoms with Gasteiger partial charge in [0.25, 0.3) is 5.91 Å². The Bertz CT molecular complexity index is 1270. The molecule has 0 bridgehead atoms. The summed E-state index contributed by atoms with van der Waals surface area (Å²) in [6, 6.07) is 12.0. The van der Waals surface area contributed by atoms with Crippen molar-refractivity contribution in [3.05, 3.63) is 57.9 Å². The lowest BCUT2D eigenvalue weighted by Crippen LogP contribution is -2.48. The van der Waals surface area contributed by atoms with Gasteiger partial charge in [0.1, 0.15) is 12.3 Å². The maximum Gasteiger partial charge on any atom is 0.338 e. The highest BCUT2D eigenvalue weighted by Crippen LogP contribution is 2.39. The van der Waals surface area contributed by atoms with Gasteiger partial charge in [-0.05, 0) is 69.7 Å². The molecule has 0 aliphatic carbocycles. The first-order chi connectivity index (χ1) is 16.8. The molecule has 0 saturated heterocycles. The molecule has 8 nitrogen and oxygen atoms in total.